The molecule has 1 aromatic rings. The van der Waals surface area contributed by atoms with Crippen LogP contribution in [-0.2, 0) is 14.6 Å². The Labute approximate surface area is 143 Å². The van der Waals surface area contributed by atoms with E-state index in [4.69, 9.17) is 4.74 Å². The van der Waals surface area contributed by atoms with Gasteiger partial charge in [-0.3, -0.25) is 4.90 Å². The summed E-state index contributed by atoms with van der Waals surface area (Å²) >= 11 is 0. The number of nitrogens with zero attached hydrogens (tertiary/aromatic N) is 1. The molecule has 2 aliphatic heterocycles. The molecule has 0 radical (unpaired) electrons. The lowest BCUT2D eigenvalue weighted by Crippen LogP contribution is -2.41. The van der Waals surface area contributed by atoms with Gasteiger partial charge in [0.15, 0.2) is 0 Å². The minimum Gasteiger partial charge on any atom is -0.444 e. The minimum atomic E-state index is -3.58. The normalized spacial score (nSPS) is 23.3. The Bertz CT molecular complexity index is 787. The predicted molar refractivity (Wildman–Crippen MR) is 91.3 cm³/mol. The lowest BCUT2D eigenvalue weighted by Gasteiger charge is -2.28. The number of carbonyl (C=O) groups excluding carboxylic acids is 1. The van der Waals surface area contributed by atoms with Gasteiger partial charge in [0.1, 0.15) is 5.60 Å². The van der Waals surface area contributed by atoms with Gasteiger partial charge in [0.25, 0.3) is 0 Å². The van der Waals surface area contributed by atoms with E-state index >= 15 is 0 Å². The summed E-state index contributed by atoms with van der Waals surface area (Å²) in [7, 11) is -3.58. The van der Waals surface area contributed by atoms with Crippen molar-refractivity contribution in [1.29, 1.82) is 0 Å². The molecule has 0 spiro atoms. The molecule has 0 aliphatic carbocycles. The van der Waals surface area contributed by atoms with E-state index in [1.165, 1.54) is 0 Å². The number of hydrogen-bond donors (Lipinski definition) is 0. The quantitative estimate of drug-likeness (QED) is 0.820. The molecular formula is C18H23NO4S. The standard InChI is InChI=1S/C18H23NO4S/c1-12-5-8-14(9-6-12)24(21,22)16-11-13-7-10-15(16)19(13)17(20)23-18(2,3)4/h5-6,8-9,11,13,15H,7,10H2,1-4H3/t13-,15+/m0/s1. The average molecular weight is 349 g/mol. The number of hydrogen-bond acceptors (Lipinski definition) is 4. The van der Waals surface area contributed by atoms with E-state index in [1.807, 2.05) is 6.92 Å². The van der Waals surface area contributed by atoms with E-state index in [1.54, 1.807) is 56.0 Å². The van der Waals surface area contributed by atoms with E-state index in [0.29, 0.717) is 11.3 Å². The SMILES string of the molecule is Cc1ccc(S(=O)(=O)C2=C[C@@H]3CC[C@H]2N3C(=O)OC(C)(C)C)cc1. The van der Waals surface area contributed by atoms with Gasteiger partial charge in [-0.05, 0) is 58.7 Å². The third-order valence-corrected chi connectivity index (χ3v) is 6.28. The van der Waals surface area contributed by atoms with Crippen molar-refractivity contribution >= 4 is 15.9 Å². The number of fused-ring (bicyclic) bond motifs is 2. The molecule has 5 nitrogen and oxygen atoms in total. The molecule has 2 bridgehead atoms. The van der Waals surface area contributed by atoms with Crippen LogP contribution in [0, 0.1) is 6.92 Å². The number of sulfone groups is 1. The number of aryl methyl sites for hydroxylation is 1. The summed E-state index contributed by atoms with van der Waals surface area (Å²) in [6.45, 7) is 7.33. The first kappa shape index (κ1) is 17.0. The zero-order valence-corrected chi connectivity index (χ0v) is 15.3. The Morgan fingerprint density at radius 3 is 2.38 bits per heavy atom. The van der Waals surface area contributed by atoms with Crippen LogP contribution >= 0.6 is 0 Å². The summed E-state index contributed by atoms with van der Waals surface area (Å²) < 4.78 is 31.3. The average Bonchev–Trinajstić information content (AvgIpc) is 3.04. The fourth-order valence-electron chi connectivity index (χ4n) is 3.28. The van der Waals surface area contributed by atoms with Crippen molar-refractivity contribution in [1.82, 2.24) is 4.90 Å². The maximum absolute atomic E-state index is 12.9. The van der Waals surface area contributed by atoms with E-state index in [9.17, 15) is 13.2 Å². The number of benzene rings is 1. The topological polar surface area (TPSA) is 63.7 Å². The van der Waals surface area contributed by atoms with Crippen molar-refractivity contribution < 1.29 is 17.9 Å². The predicted octanol–water partition coefficient (Wildman–Crippen LogP) is 3.43. The first-order valence-corrected chi connectivity index (χ1v) is 9.63. The minimum absolute atomic E-state index is 0.194. The van der Waals surface area contributed by atoms with Crippen LogP contribution in [0.5, 0.6) is 0 Å². The second-order valence-electron chi connectivity index (χ2n) is 7.43. The highest BCUT2D eigenvalue weighted by Gasteiger charge is 2.49. The zero-order chi connectivity index (χ0) is 17.7. The molecule has 1 fully saturated rings. The Morgan fingerprint density at radius 1 is 1.17 bits per heavy atom. The molecule has 1 amide bonds. The van der Waals surface area contributed by atoms with Crippen LogP contribution in [-0.4, -0.2) is 37.1 Å². The van der Waals surface area contributed by atoms with E-state index in [0.717, 1.165) is 12.0 Å². The van der Waals surface area contributed by atoms with Crippen molar-refractivity contribution in [2.75, 3.05) is 0 Å². The first-order valence-electron chi connectivity index (χ1n) is 8.14. The third-order valence-electron chi connectivity index (χ3n) is 4.36. The summed E-state index contributed by atoms with van der Waals surface area (Å²) in [4.78, 5) is 14.6. The van der Waals surface area contributed by atoms with Gasteiger partial charge in [-0.25, -0.2) is 13.2 Å². The monoisotopic (exact) mass is 349 g/mol. The van der Waals surface area contributed by atoms with Gasteiger partial charge in [-0.15, -0.1) is 0 Å². The van der Waals surface area contributed by atoms with Crippen LogP contribution in [0.1, 0.15) is 39.2 Å². The van der Waals surface area contributed by atoms with E-state index in [-0.39, 0.29) is 10.9 Å². The maximum Gasteiger partial charge on any atom is 0.411 e. The first-order chi connectivity index (χ1) is 11.1. The van der Waals surface area contributed by atoms with Gasteiger partial charge >= 0.3 is 6.09 Å². The van der Waals surface area contributed by atoms with Crippen LogP contribution < -0.4 is 0 Å². The van der Waals surface area contributed by atoms with Crippen molar-refractivity contribution in [3.05, 3.63) is 40.8 Å². The number of rotatable bonds is 2. The highest BCUT2D eigenvalue weighted by molar-refractivity contribution is 7.95. The van der Waals surface area contributed by atoms with Crippen LogP contribution in [0.3, 0.4) is 0 Å². The highest BCUT2D eigenvalue weighted by atomic mass is 32.2. The second kappa shape index (κ2) is 5.62. The van der Waals surface area contributed by atoms with Gasteiger partial charge in [0.05, 0.1) is 21.9 Å². The molecule has 2 atom stereocenters. The fourth-order valence-corrected chi connectivity index (χ4v) is 4.97. The molecule has 0 saturated carbocycles. The van der Waals surface area contributed by atoms with E-state index in [2.05, 4.69) is 0 Å². The van der Waals surface area contributed by atoms with Gasteiger partial charge in [0.2, 0.25) is 9.84 Å². The molecule has 6 heteroatoms. The van der Waals surface area contributed by atoms with Crippen LogP contribution in [0.15, 0.2) is 40.1 Å². The molecule has 1 saturated heterocycles. The van der Waals surface area contributed by atoms with Crippen molar-refractivity contribution in [2.24, 2.45) is 0 Å². The molecule has 130 valence electrons. The largest absolute Gasteiger partial charge is 0.444 e. The summed E-state index contributed by atoms with van der Waals surface area (Å²) in [5.41, 5.74) is 0.404. The number of ether oxygens (including phenoxy) is 1. The fraction of sp³-hybridized carbons (Fsp3) is 0.500. The Hall–Kier alpha value is -1.82. The molecule has 0 aromatic heterocycles. The Balaban J connectivity index is 1.88. The summed E-state index contributed by atoms with van der Waals surface area (Å²) in [5, 5.41) is 0. The molecule has 2 heterocycles. The summed E-state index contributed by atoms with van der Waals surface area (Å²) in [5.74, 6) is 0. The molecule has 3 rings (SSSR count). The smallest absolute Gasteiger partial charge is 0.411 e. The molecular weight excluding hydrogens is 326 g/mol. The van der Waals surface area contributed by atoms with Gasteiger partial charge in [0, 0.05) is 0 Å². The summed E-state index contributed by atoms with van der Waals surface area (Å²) in [6.07, 6.45) is 2.70. The van der Waals surface area contributed by atoms with Crippen LogP contribution in [0.4, 0.5) is 4.79 Å². The molecule has 0 N–H and O–H groups in total. The summed E-state index contributed by atoms with van der Waals surface area (Å²) in [6, 6.07) is 6.19. The molecule has 24 heavy (non-hydrogen) atoms. The lowest BCUT2D eigenvalue weighted by molar-refractivity contribution is 0.0231. The highest BCUT2D eigenvalue weighted by Crippen LogP contribution is 2.42. The van der Waals surface area contributed by atoms with Crippen molar-refractivity contribution in [2.45, 2.75) is 63.1 Å². The molecule has 2 aliphatic rings. The van der Waals surface area contributed by atoms with Gasteiger partial charge in [-0.1, -0.05) is 17.7 Å². The molecule has 0 unspecified atom stereocenters. The molecule has 1 aromatic carbocycles. The maximum atomic E-state index is 12.9. The zero-order valence-electron chi connectivity index (χ0n) is 14.4. The number of carbonyl (C=O) groups is 1. The number of amides is 1. The van der Waals surface area contributed by atoms with E-state index < -0.39 is 27.6 Å². The lowest BCUT2D eigenvalue weighted by atomic mass is 10.1. The third kappa shape index (κ3) is 2.95. The second-order valence-corrected chi connectivity index (χ2v) is 9.38. The van der Waals surface area contributed by atoms with Gasteiger partial charge in [-0.2, -0.15) is 0 Å². The Kier molecular flexibility index (Phi) is 3.98. The van der Waals surface area contributed by atoms with Crippen molar-refractivity contribution in [3.8, 4) is 0 Å². The van der Waals surface area contributed by atoms with Gasteiger partial charge < -0.3 is 4.74 Å². The van der Waals surface area contributed by atoms with Crippen LogP contribution in [0.2, 0.25) is 0 Å². The Morgan fingerprint density at radius 2 is 1.79 bits per heavy atom. The van der Waals surface area contributed by atoms with Crippen molar-refractivity contribution in [3.63, 3.8) is 0 Å². The van der Waals surface area contributed by atoms with Crippen LogP contribution in [0.25, 0.3) is 0 Å².